The maximum atomic E-state index is 13.5. The third-order valence-electron chi connectivity index (χ3n) is 6.94. The van der Waals surface area contributed by atoms with E-state index >= 15 is 0 Å². The highest BCUT2D eigenvalue weighted by Gasteiger charge is 2.29. The molecule has 0 spiro atoms. The van der Waals surface area contributed by atoms with Crippen molar-refractivity contribution >= 4 is 11.8 Å². The average Bonchev–Trinajstić information content (AvgIpc) is 2.86. The summed E-state index contributed by atoms with van der Waals surface area (Å²) in [4.78, 5) is 5.23. The number of halogens is 2. The summed E-state index contributed by atoms with van der Waals surface area (Å²) in [6.07, 6.45) is 2.32. The van der Waals surface area contributed by atoms with E-state index in [1.54, 1.807) is 0 Å². The minimum absolute atomic E-state index is 0.0605. The van der Waals surface area contributed by atoms with Crippen LogP contribution in [0.4, 0.5) is 8.78 Å². The van der Waals surface area contributed by atoms with E-state index in [4.69, 9.17) is 0 Å². The SMILES string of the molecule is C[C@@H]1CN(CCSC(c2ccc(F)cc2)c2ccc(F)cc2)C[C@H](C)N1CCCc1ccccc1. The van der Waals surface area contributed by atoms with E-state index in [9.17, 15) is 8.78 Å². The molecule has 0 aromatic heterocycles. The van der Waals surface area contributed by atoms with E-state index in [2.05, 4.69) is 54.0 Å². The molecule has 4 rings (SSSR count). The van der Waals surface area contributed by atoms with E-state index in [0.717, 1.165) is 49.5 Å². The minimum atomic E-state index is -0.235. The van der Waals surface area contributed by atoms with Crippen LogP contribution in [0.15, 0.2) is 78.9 Å². The van der Waals surface area contributed by atoms with Gasteiger partial charge in [-0.25, -0.2) is 8.78 Å². The van der Waals surface area contributed by atoms with Gasteiger partial charge in [0.15, 0.2) is 0 Å². The van der Waals surface area contributed by atoms with E-state index in [1.165, 1.54) is 36.2 Å². The average molecular weight is 495 g/mol. The summed E-state index contributed by atoms with van der Waals surface area (Å²) < 4.78 is 27.0. The zero-order valence-electron chi connectivity index (χ0n) is 20.7. The second-order valence-electron chi connectivity index (χ2n) is 9.64. The number of thioether (sulfide) groups is 1. The van der Waals surface area contributed by atoms with Gasteiger partial charge in [-0.05, 0) is 74.2 Å². The Morgan fingerprint density at radius 2 is 1.31 bits per heavy atom. The number of nitrogens with zero attached hydrogens (tertiary/aromatic N) is 2. The van der Waals surface area contributed by atoms with Gasteiger partial charge in [0.25, 0.3) is 0 Å². The molecule has 0 unspecified atom stereocenters. The van der Waals surface area contributed by atoms with Crippen molar-refractivity contribution in [2.75, 3.05) is 31.9 Å². The Morgan fingerprint density at radius 1 is 0.771 bits per heavy atom. The Balaban J connectivity index is 1.29. The lowest BCUT2D eigenvalue weighted by Crippen LogP contribution is -2.57. The highest BCUT2D eigenvalue weighted by atomic mass is 32.2. The fourth-order valence-electron chi connectivity index (χ4n) is 5.16. The number of piperazine rings is 1. The normalized spacial score (nSPS) is 19.3. The van der Waals surface area contributed by atoms with Crippen molar-refractivity contribution in [3.8, 4) is 0 Å². The smallest absolute Gasteiger partial charge is 0.123 e. The highest BCUT2D eigenvalue weighted by Crippen LogP contribution is 2.36. The summed E-state index contributed by atoms with van der Waals surface area (Å²) in [5.74, 6) is 0.495. The number of hydrogen-bond donors (Lipinski definition) is 0. The van der Waals surface area contributed by atoms with Crippen LogP contribution in [0.5, 0.6) is 0 Å². The summed E-state index contributed by atoms with van der Waals surface area (Å²) in [7, 11) is 0. The Morgan fingerprint density at radius 3 is 1.86 bits per heavy atom. The number of rotatable bonds is 10. The monoisotopic (exact) mass is 494 g/mol. The van der Waals surface area contributed by atoms with Gasteiger partial charge < -0.3 is 0 Å². The van der Waals surface area contributed by atoms with Crippen molar-refractivity contribution in [2.45, 2.75) is 44.0 Å². The molecular formula is C30H36F2N2S. The molecule has 3 aromatic carbocycles. The second kappa shape index (κ2) is 12.7. The summed E-state index contributed by atoms with van der Waals surface area (Å²) >= 11 is 1.85. The molecule has 0 saturated carbocycles. The first-order valence-corrected chi connectivity index (χ1v) is 13.7. The molecule has 2 atom stereocenters. The van der Waals surface area contributed by atoms with Crippen LogP contribution in [-0.2, 0) is 6.42 Å². The Bertz CT molecular complexity index is 969. The Labute approximate surface area is 213 Å². The van der Waals surface area contributed by atoms with Crippen LogP contribution in [0.1, 0.15) is 42.2 Å². The lowest BCUT2D eigenvalue weighted by atomic mass is 10.0. The number of hydrogen-bond acceptors (Lipinski definition) is 3. The molecule has 3 aromatic rings. The fraction of sp³-hybridized carbons (Fsp3) is 0.400. The summed E-state index contributed by atoms with van der Waals surface area (Å²) in [6.45, 7) is 8.99. The molecule has 0 radical (unpaired) electrons. The van der Waals surface area contributed by atoms with Crippen molar-refractivity contribution in [2.24, 2.45) is 0 Å². The van der Waals surface area contributed by atoms with Gasteiger partial charge in [-0.1, -0.05) is 54.6 Å². The zero-order valence-corrected chi connectivity index (χ0v) is 21.6. The van der Waals surface area contributed by atoms with Crippen LogP contribution in [0.3, 0.4) is 0 Å². The Kier molecular flexibility index (Phi) is 9.36. The molecule has 186 valence electrons. The first kappa shape index (κ1) is 25.9. The molecule has 0 N–H and O–H groups in total. The van der Waals surface area contributed by atoms with Crippen LogP contribution in [0, 0.1) is 11.6 Å². The third-order valence-corrected chi connectivity index (χ3v) is 8.24. The summed E-state index contributed by atoms with van der Waals surface area (Å²) in [6, 6.07) is 25.2. The van der Waals surface area contributed by atoms with Gasteiger partial charge >= 0.3 is 0 Å². The molecule has 1 aliphatic rings. The number of aryl methyl sites for hydroxylation is 1. The summed E-state index contributed by atoms with van der Waals surface area (Å²) in [5, 5.41) is 0.0605. The second-order valence-corrected chi connectivity index (χ2v) is 10.9. The Hall–Kier alpha value is -2.21. The van der Waals surface area contributed by atoms with Crippen molar-refractivity contribution in [1.29, 1.82) is 0 Å². The van der Waals surface area contributed by atoms with Crippen LogP contribution < -0.4 is 0 Å². The molecule has 1 fully saturated rings. The molecule has 1 aliphatic heterocycles. The van der Waals surface area contributed by atoms with Crippen molar-refractivity contribution in [1.82, 2.24) is 9.80 Å². The van der Waals surface area contributed by atoms with Crippen LogP contribution in [-0.4, -0.2) is 53.8 Å². The maximum absolute atomic E-state index is 13.5. The molecule has 1 heterocycles. The topological polar surface area (TPSA) is 6.48 Å². The molecule has 0 aliphatic carbocycles. The minimum Gasteiger partial charge on any atom is -0.299 e. The van der Waals surface area contributed by atoms with Gasteiger partial charge in [-0.15, -0.1) is 11.8 Å². The fourth-order valence-corrected chi connectivity index (χ4v) is 6.46. The van der Waals surface area contributed by atoms with E-state index in [0.29, 0.717) is 12.1 Å². The number of benzene rings is 3. The third kappa shape index (κ3) is 7.39. The maximum Gasteiger partial charge on any atom is 0.123 e. The van der Waals surface area contributed by atoms with Crippen LogP contribution in [0.25, 0.3) is 0 Å². The largest absolute Gasteiger partial charge is 0.299 e. The van der Waals surface area contributed by atoms with Crippen molar-refractivity contribution in [3.05, 3.63) is 107 Å². The lowest BCUT2D eigenvalue weighted by molar-refractivity contribution is 0.0416. The van der Waals surface area contributed by atoms with Gasteiger partial charge in [0.05, 0.1) is 5.25 Å². The van der Waals surface area contributed by atoms with Gasteiger partial charge in [0.2, 0.25) is 0 Å². The molecule has 35 heavy (non-hydrogen) atoms. The van der Waals surface area contributed by atoms with Crippen molar-refractivity contribution < 1.29 is 8.78 Å². The van der Waals surface area contributed by atoms with Gasteiger partial charge in [-0.3, -0.25) is 9.80 Å². The lowest BCUT2D eigenvalue weighted by Gasteiger charge is -2.44. The predicted molar refractivity (Wildman–Crippen MR) is 144 cm³/mol. The molecule has 0 bridgehead atoms. The van der Waals surface area contributed by atoms with Gasteiger partial charge in [0.1, 0.15) is 11.6 Å². The van der Waals surface area contributed by atoms with Gasteiger partial charge in [0, 0.05) is 37.5 Å². The molecule has 5 heteroatoms. The van der Waals surface area contributed by atoms with Crippen molar-refractivity contribution in [3.63, 3.8) is 0 Å². The highest BCUT2D eigenvalue weighted by molar-refractivity contribution is 7.99. The quantitative estimate of drug-likeness (QED) is 0.306. The molecular weight excluding hydrogens is 458 g/mol. The molecule has 0 amide bonds. The van der Waals surface area contributed by atoms with E-state index < -0.39 is 0 Å². The zero-order chi connectivity index (χ0) is 24.6. The first-order chi connectivity index (χ1) is 17.0. The first-order valence-electron chi connectivity index (χ1n) is 12.6. The summed E-state index contributed by atoms with van der Waals surface area (Å²) in [5.41, 5.74) is 3.52. The standard InChI is InChI=1S/C30H36F2N2S/c1-23-21-33(22-24(2)34(23)18-6-9-25-7-4-3-5-8-25)19-20-35-30(26-10-14-28(31)15-11-26)27-12-16-29(32)17-13-27/h3-5,7-8,10-17,23-24,30H,6,9,18-22H2,1-2H3/t23-,24+. The molecule has 2 nitrogen and oxygen atoms in total. The van der Waals surface area contributed by atoms with E-state index in [-0.39, 0.29) is 16.9 Å². The molecule has 1 saturated heterocycles. The predicted octanol–water partition coefficient (Wildman–Crippen LogP) is 6.81. The van der Waals surface area contributed by atoms with Gasteiger partial charge in [-0.2, -0.15) is 0 Å². The van der Waals surface area contributed by atoms with Crippen LogP contribution in [0.2, 0.25) is 0 Å². The van der Waals surface area contributed by atoms with Crippen LogP contribution >= 0.6 is 11.8 Å². The van der Waals surface area contributed by atoms with E-state index in [1.807, 2.05) is 36.0 Å².